The highest BCUT2D eigenvalue weighted by molar-refractivity contribution is 5.14. The molecule has 0 radical (unpaired) electrons. The highest BCUT2D eigenvalue weighted by atomic mass is 16.5. The molecule has 1 heterocycles. The van der Waals surface area contributed by atoms with Gasteiger partial charge in [-0.15, -0.1) is 0 Å². The van der Waals surface area contributed by atoms with Crippen LogP contribution < -0.4 is 0 Å². The van der Waals surface area contributed by atoms with E-state index in [1.54, 1.807) is 0 Å². The lowest BCUT2D eigenvalue weighted by molar-refractivity contribution is 0.262. The molecule has 0 saturated heterocycles. The Hall–Kier alpha value is -0.790. The Bertz CT molecular complexity index is 344. The SMILES string of the molecule is CCCCCCC(C)(CCCCCC)c1cc(C)no1. The van der Waals surface area contributed by atoms with Crippen LogP contribution in [0.5, 0.6) is 0 Å². The van der Waals surface area contributed by atoms with Gasteiger partial charge in [0.25, 0.3) is 0 Å². The largest absolute Gasteiger partial charge is 0.361 e. The van der Waals surface area contributed by atoms with Crippen molar-refractivity contribution in [3.8, 4) is 0 Å². The number of hydrogen-bond acceptors (Lipinski definition) is 2. The van der Waals surface area contributed by atoms with Crippen molar-refractivity contribution in [2.45, 2.75) is 97.3 Å². The van der Waals surface area contributed by atoms with Gasteiger partial charge in [0.2, 0.25) is 0 Å². The monoisotopic (exact) mass is 279 g/mol. The standard InChI is InChI=1S/C18H33NO/c1-5-7-9-11-13-18(4,14-12-10-8-6-2)17-15-16(3)19-20-17/h15H,5-14H2,1-4H3. The third-order valence-electron chi connectivity index (χ3n) is 4.39. The van der Waals surface area contributed by atoms with E-state index in [1.165, 1.54) is 64.2 Å². The van der Waals surface area contributed by atoms with Crippen LogP contribution in [0.15, 0.2) is 10.6 Å². The molecule has 0 bridgehead atoms. The van der Waals surface area contributed by atoms with Gasteiger partial charge in [-0.3, -0.25) is 0 Å². The van der Waals surface area contributed by atoms with Gasteiger partial charge in [-0.25, -0.2) is 0 Å². The average Bonchev–Trinajstić information content (AvgIpc) is 2.87. The minimum atomic E-state index is 0.183. The molecule has 2 nitrogen and oxygen atoms in total. The molecule has 0 fully saturated rings. The van der Waals surface area contributed by atoms with Gasteiger partial charge in [0.05, 0.1) is 5.69 Å². The van der Waals surface area contributed by atoms with Gasteiger partial charge in [0.1, 0.15) is 5.76 Å². The second-order valence-electron chi connectivity index (χ2n) is 6.51. The molecule has 0 atom stereocenters. The van der Waals surface area contributed by atoms with Gasteiger partial charge in [0, 0.05) is 11.5 Å². The van der Waals surface area contributed by atoms with E-state index in [-0.39, 0.29) is 5.41 Å². The molecule has 0 aliphatic heterocycles. The van der Waals surface area contributed by atoms with Crippen LogP contribution in [-0.2, 0) is 5.41 Å². The quantitative estimate of drug-likeness (QED) is 0.452. The van der Waals surface area contributed by atoms with Crippen LogP contribution in [-0.4, -0.2) is 5.16 Å². The fraction of sp³-hybridized carbons (Fsp3) is 0.833. The van der Waals surface area contributed by atoms with Gasteiger partial charge in [-0.05, 0) is 19.8 Å². The molecule has 0 unspecified atom stereocenters. The predicted molar refractivity (Wildman–Crippen MR) is 86.1 cm³/mol. The molecule has 1 aromatic rings. The summed E-state index contributed by atoms with van der Waals surface area (Å²) in [7, 11) is 0. The van der Waals surface area contributed by atoms with E-state index in [0.717, 1.165) is 11.5 Å². The number of nitrogens with zero attached hydrogens (tertiary/aromatic N) is 1. The maximum absolute atomic E-state index is 5.59. The van der Waals surface area contributed by atoms with E-state index in [2.05, 4.69) is 32.0 Å². The van der Waals surface area contributed by atoms with Crippen LogP contribution in [0.4, 0.5) is 0 Å². The summed E-state index contributed by atoms with van der Waals surface area (Å²) in [5, 5.41) is 4.10. The summed E-state index contributed by atoms with van der Waals surface area (Å²) in [6, 6.07) is 2.14. The molecule has 1 rings (SSSR count). The molecule has 0 amide bonds. The van der Waals surface area contributed by atoms with Crippen LogP contribution in [0.2, 0.25) is 0 Å². The van der Waals surface area contributed by atoms with Crippen molar-refractivity contribution in [3.05, 3.63) is 17.5 Å². The normalized spacial score (nSPS) is 12.0. The Morgan fingerprint density at radius 2 is 1.50 bits per heavy atom. The molecule has 1 aromatic heterocycles. The molecule has 0 aromatic carbocycles. The summed E-state index contributed by atoms with van der Waals surface area (Å²) in [4.78, 5) is 0. The molecule has 0 aliphatic carbocycles. The fourth-order valence-corrected chi connectivity index (χ4v) is 2.90. The van der Waals surface area contributed by atoms with Gasteiger partial charge < -0.3 is 4.52 Å². The molecule has 116 valence electrons. The van der Waals surface area contributed by atoms with Crippen molar-refractivity contribution in [3.63, 3.8) is 0 Å². The first-order valence-electron chi connectivity index (χ1n) is 8.56. The molecule has 0 saturated carbocycles. The molecular weight excluding hydrogens is 246 g/mol. The van der Waals surface area contributed by atoms with E-state index in [0.29, 0.717) is 0 Å². The number of rotatable bonds is 11. The van der Waals surface area contributed by atoms with E-state index in [1.807, 2.05) is 6.92 Å². The summed E-state index contributed by atoms with van der Waals surface area (Å²) in [5.41, 5.74) is 1.19. The van der Waals surface area contributed by atoms with E-state index >= 15 is 0 Å². The lowest BCUT2D eigenvalue weighted by atomic mass is 9.77. The summed E-state index contributed by atoms with van der Waals surface area (Å²) < 4.78 is 5.59. The number of unbranched alkanes of at least 4 members (excludes halogenated alkanes) is 6. The third-order valence-corrected chi connectivity index (χ3v) is 4.39. The zero-order valence-electron chi connectivity index (χ0n) is 14.0. The van der Waals surface area contributed by atoms with Gasteiger partial charge >= 0.3 is 0 Å². The lowest BCUT2D eigenvalue weighted by Gasteiger charge is -2.27. The first-order chi connectivity index (χ1) is 9.62. The molecule has 0 aliphatic rings. The number of hydrogen-bond donors (Lipinski definition) is 0. The zero-order chi connectivity index (χ0) is 14.8. The van der Waals surface area contributed by atoms with Crippen molar-refractivity contribution < 1.29 is 4.52 Å². The highest BCUT2D eigenvalue weighted by Gasteiger charge is 2.29. The van der Waals surface area contributed by atoms with Crippen molar-refractivity contribution in [1.29, 1.82) is 0 Å². The van der Waals surface area contributed by atoms with Crippen LogP contribution in [0, 0.1) is 6.92 Å². The smallest absolute Gasteiger partial charge is 0.142 e. The summed E-state index contributed by atoms with van der Waals surface area (Å²) in [6.07, 6.45) is 13.0. The zero-order valence-corrected chi connectivity index (χ0v) is 14.0. The van der Waals surface area contributed by atoms with E-state index < -0.39 is 0 Å². The van der Waals surface area contributed by atoms with Crippen molar-refractivity contribution in [1.82, 2.24) is 5.16 Å². The van der Waals surface area contributed by atoms with Crippen LogP contribution in [0.1, 0.15) is 96.4 Å². The molecule has 0 spiro atoms. The minimum absolute atomic E-state index is 0.183. The van der Waals surface area contributed by atoms with E-state index in [4.69, 9.17) is 4.52 Å². The van der Waals surface area contributed by atoms with Crippen molar-refractivity contribution >= 4 is 0 Å². The van der Waals surface area contributed by atoms with Crippen LogP contribution >= 0.6 is 0 Å². The number of aromatic nitrogens is 1. The Labute approximate surface area is 125 Å². The Balaban J connectivity index is 2.57. The van der Waals surface area contributed by atoms with Gasteiger partial charge in [-0.2, -0.15) is 0 Å². The Morgan fingerprint density at radius 3 is 1.90 bits per heavy atom. The van der Waals surface area contributed by atoms with Crippen LogP contribution in [0.25, 0.3) is 0 Å². The second-order valence-corrected chi connectivity index (χ2v) is 6.51. The fourth-order valence-electron chi connectivity index (χ4n) is 2.90. The van der Waals surface area contributed by atoms with Crippen molar-refractivity contribution in [2.75, 3.05) is 0 Å². The Morgan fingerprint density at radius 1 is 0.950 bits per heavy atom. The summed E-state index contributed by atoms with van der Waals surface area (Å²) >= 11 is 0. The first-order valence-corrected chi connectivity index (χ1v) is 8.56. The van der Waals surface area contributed by atoms with E-state index in [9.17, 15) is 0 Å². The lowest BCUT2D eigenvalue weighted by Crippen LogP contribution is -2.21. The maximum Gasteiger partial charge on any atom is 0.142 e. The van der Waals surface area contributed by atoms with Crippen molar-refractivity contribution in [2.24, 2.45) is 0 Å². The predicted octanol–water partition coefficient (Wildman–Crippen LogP) is 6.18. The van der Waals surface area contributed by atoms with Gasteiger partial charge in [-0.1, -0.05) is 77.3 Å². The summed E-state index contributed by atoms with van der Waals surface area (Å²) in [6.45, 7) is 8.92. The highest BCUT2D eigenvalue weighted by Crippen LogP contribution is 2.35. The minimum Gasteiger partial charge on any atom is -0.361 e. The number of aryl methyl sites for hydroxylation is 1. The third kappa shape index (κ3) is 5.68. The molecule has 20 heavy (non-hydrogen) atoms. The first kappa shape index (κ1) is 17.3. The van der Waals surface area contributed by atoms with Gasteiger partial charge in [0.15, 0.2) is 0 Å². The Kier molecular flexibility index (Phi) is 7.94. The molecular formula is C18H33NO. The molecule has 2 heteroatoms. The maximum atomic E-state index is 5.59. The summed E-state index contributed by atoms with van der Waals surface area (Å²) in [5.74, 6) is 1.10. The second kappa shape index (κ2) is 9.20. The molecule has 0 N–H and O–H groups in total. The topological polar surface area (TPSA) is 26.0 Å². The van der Waals surface area contributed by atoms with Crippen LogP contribution in [0.3, 0.4) is 0 Å². The average molecular weight is 279 g/mol.